The Bertz CT molecular complexity index is 1260. The fraction of sp³-hybridized carbons (Fsp3) is 0.222. The number of rotatable bonds is 9. The highest BCUT2D eigenvalue weighted by Crippen LogP contribution is 2.38. The number of hydrogen-bond acceptors (Lipinski definition) is 5. The van der Waals surface area contributed by atoms with Crippen molar-refractivity contribution in [1.82, 2.24) is 19.7 Å². The molecule has 0 saturated heterocycles. The number of ether oxygens (including phenoxy) is 1. The van der Waals surface area contributed by atoms with Gasteiger partial charge in [-0.2, -0.15) is 5.10 Å². The topological polar surface area (TPSA) is 72.3 Å². The lowest BCUT2D eigenvalue weighted by Gasteiger charge is -2.18. The Morgan fingerprint density at radius 1 is 1.03 bits per heavy atom. The summed E-state index contributed by atoms with van der Waals surface area (Å²) in [5.41, 5.74) is 3.69. The van der Waals surface area contributed by atoms with Crippen LogP contribution in [0.15, 0.2) is 79.1 Å². The molecule has 1 amide bonds. The van der Waals surface area contributed by atoms with Crippen LogP contribution >= 0.6 is 0 Å². The summed E-state index contributed by atoms with van der Waals surface area (Å²) in [5.74, 6) is -0.100. The van der Waals surface area contributed by atoms with Crippen molar-refractivity contribution in [3.8, 4) is 22.4 Å². The van der Waals surface area contributed by atoms with Gasteiger partial charge in [0, 0.05) is 31.6 Å². The highest BCUT2D eigenvalue weighted by Gasteiger charge is 2.26. The molecule has 4 rings (SSSR count). The zero-order valence-corrected chi connectivity index (χ0v) is 20.0. The smallest absolute Gasteiger partial charge is 0.259 e. The number of anilines is 1. The van der Waals surface area contributed by atoms with Crippen LogP contribution in [0.1, 0.15) is 11.7 Å². The Morgan fingerprint density at radius 3 is 2.34 bits per heavy atom. The van der Waals surface area contributed by atoms with E-state index in [2.05, 4.69) is 10.3 Å². The molecular formula is C27H28FN5O2. The number of carbonyl (C=O) groups excluding carboxylic acids is 1. The van der Waals surface area contributed by atoms with E-state index in [0.29, 0.717) is 24.6 Å². The number of likely N-dealkylation sites (N-methyl/N-ethyl adjacent to an activating group) is 1. The largest absolute Gasteiger partial charge is 0.367 e. The van der Waals surface area contributed by atoms with Crippen LogP contribution in [0.2, 0.25) is 0 Å². The first-order valence-corrected chi connectivity index (χ1v) is 11.3. The molecule has 0 bridgehead atoms. The van der Waals surface area contributed by atoms with Gasteiger partial charge in [0.25, 0.3) is 5.91 Å². The van der Waals surface area contributed by atoms with Crippen molar-refractivity contribution >= 4 is 11.7 Å². The van der Waals surface area contributed by atoms with Gasteiger partial charge < -0.3 is 15.0 Å². The van der Waals surface area contributed by atoms with E-state index < -0.39 is 6.10 Å². The van der Waals surface area contributed by atoms with E-state index in [4.69, 9.17) is 9.84 Å². The first kappa shape index (κ1) is 24.3. The van der Waals surface area contributed by atoms with Gasteiger partial charge in [-0.1, -0.05) is 30.3 Å². The molecule has 2 aromatic heterocycles. The normalized spacial score (nSPS) is 12.0. The predicted octanol–water partition coefficient (Wildman–Crippen LogP) is 4.64. The summed E-state index contributed by atoms with van der Waals surface area (Å²) < 4.78 is 21.0. The van der Waals surface area contributed by atoms with E-state index in [9.17, 15) is 9.18 Å². The van der Waals surface area contributed by atoms with Crippen LogP contribution in [0.25, 0.3) is 22.4 Å². The minimum Gasteiger partial charge on any atom is -0.367 e. The van der Waals surface area contributed by atoms with Gasteiger partial charge in [0.15, 0.2) is 6.10 Å². The Kier molecular flexibility index (Phi) is 7.64. The summed E-state index contributed by atoms with van der Waals surface area (Å²) in [6, 6.07) is 19.2. The van der Waals surface area contributed by atoms with Crippen LogP contribution in [-0.4, -0.2) is 53.3 Å². The second-order valence-electron chi connectivity index (χ2n) is 8.36. The molecule has 0 spiro atoms. The van der Waals surface area contributed by atoms with Crippen molar-refractivity contribution < 1.29 is 13.9 Å². The molecule has 1 atom stereocenters. The van der Waals surface area contributed by atoms with E-state index in [1.165, 1.54) is 19.2 Å². The minimum absolute atomic E-state index is 0.314. The average molecular weight is 474 g/mol. The predicted molar refractivity (Wildman–Crippen MR) is 134 cm³/mol. The van der Waals surface area contributed by atoms with Gasteiger partial charge in [0.05, 0.1) is 12.1 Å². The van der Waals surface area contributed by atoms with Crippen molar-refractivity contribution in [3.63, 3.8) is 0 Å². The van der Waals surface area contributed by atoms with Crippen LogP contribution in [0.4, 0.5) is 10.2 Å². The summed E-state index contributed by atoms with van der Waals surface area (Å²) in [6.45, 7) is 1.24. The molecular weight excluding hydrogens is 445 g/mol. The van der Waals surface area contributed by atoms with Crippen molar-refractivity contribution in [2.45, 2.75) is 12.6 Å². The molecule has 180 valence electrons. The number of amides is 1. The molecule has 0 radical (unpaired) electrons. The molecule has 35 heavy (non-hydrogen) atoms. The van der Waals surface area contributed by atoms with Crippen LogP contribution in [0, 0.1) is 5.82 Å². The van der Waals surface area contributed by atoms with Gasteiger partial charge in [0.2, 0.25) is 0 Å². The lowest BCUT2D eigenvalue weighted by Crippen LogP contribution is -2.26. The highest BCUT2D eigenvalue weighted by atomic mass is 19.1. The number of methoxy groups -OCH3 is 1. The molecule has 0 aliphatic rings. The summed E-state index contributed by atoms with van der Waals surface area (Å²) in [4.78, 5) is 19.6. The van der Waals surface area contributed by atoms with Crippen molar-refractivity contribution in [2.24, 2.45) is 0 Å². The zero-order chi connectivity index (χ0) is 24.8. The summed E-state index contributed by atoms with van der Waals surface area (Å²) in [5, 5.41) is 7.94. The number of nitrogens with one attached hydrogen (secondary N) is 1. The molecule has 2 heterocycles. The summed E-state index contributed by atoms with van der Waals surface area (Å²) in [7, 11) is 5.46. The first-order valence-electron chi connectivity index (χ1n) is 11.3. The standard InChI is InChI=1S/C27H28FN5O2/c1-32(2)17-18-33-26(30-27(34)25(35-3)21-7-5-4-6-8-21)23(19-13-15-29-16-14-19)24(31-33)20-9-11-22(28)12-10-20/h4-16,25H,17-18H2,1-3H3,(H,30,34). The van der Waals surface area contributed by atoms with Crippen LogP contribution < -0.4 is 5.32 Å². The van der Waals surface area contributed by atoms with Crippen molar-refractivity contribution in [1.29, 1.82) is 0 Å². The zero-order valence-electron chi connectivity index (χ0n) is 20.0. The molecule has 1 unspecified atom stereocenters. The Morgan fingerprint density at radius 2 is 1.71 bits per heavy atom. The molecule has 0 aliphatic carbocycles. The van der Waals surface area contributed by atoms with Crippen LogP contribution in [0.3, 0.4) is 0 Å². The van der Waals surface area contributed by atoms with E-state index in [1.54, 1.807) is 29.2 Å². The van der Waals surface area contributed by atoms with Crippen molar-refractivity contribution in [2.75, 3.05) is 33.1 Å². The number of aromatic nitrogens is 3. The number of pyridine rings is 1. The lowest BCUT2D eigenvalue weighted by molar-refractivity contribution is -0.126. The summed E-state index contributed by atoms with van der Waals surface area (Å²) >= 11 is 0. The average Bonchev–Trinajstić information content (AvgIpc) is 3.22. The van der Waals surface area contributed by atoms with E-state index in [1.807, 2.05) is 61.5 Å². The molecule has 0 aliphatic heterocycles. The maximum absolute atomic E-state index is 13.7. The first-order chi connectivity index (χ1) is 17.0. The Balaban J connectivity index is 1.84. The second-order valence-corrected chi connectivity index (χ2v) is 8.36. The van der Waals surface area contributed by atoms with Crippen LogP contribution in [0.5, 0.6) is 0 Å². The van der Waals surface area contributed by atoms with Gasteiger partial charge in [-0.15, -0.1) is 0 Å². The lowest BCUT2D eigenvalue weighted by atomic mass is 10.0. The SMILES string of the molecule is COC(C(=O)Nc1c(-c2ccncc2)c(-c2ccc(F)cc2)nn1CCN(C)C)c1ccccc1. The molecule has 2 aromatic carbocycles. The monoisotopic (exact) mass is 473 g/mol. The van der Waals surface area contributed by atoms with Gasteiger partial charge in [-0.25, -0.2) is 9.07 Å². The molecule has 7 nitrogen and oxygen atoms in total. The second kappa shape index (κ2) is 11.0. The number of nitrogens with zero attached hydrogens (tertiary/aromatic N) is 4. The molecule has 1 N–H and O–H groups in total. The fourth-order valence-electron chi connectivity index (χ4n) is 3.85. The van der Waals surface area contributed by atoms with Crippen molar-refractivity contribution in [3.05, 3.63) is 90.5 Å². The van der Waals surface area contributed by atoms with Gasteiger partial charge >= 0.3 is 0 Å². The Hall–Kier alpha value is -3.88. The molecule has 8 heteroatoms. The third-order valence-electron chi connectivity index (χ3n) is 5.62. The third-order valence-corrected chi connectivity index (χ3v) is 5.62. The third kappa shape index (κ3) is 5.62. The maximum Gasteiger partial charge on any atom is 0.259 e. The minimum atomic E-state index is -0.798. The van der Waals surface area contributed by atoms with Crippen LogP contribution in [-0.2, 0) is 16.1 Å². The number of hydrogen-bond donors (Lipinski definition) is 1. The fourth-order valence-corrected chi connectivity index (χ4v) is 3.85. The highest BCUT2D eigenvalue weighted by molar-refractivity contribution is 6.00. The van der Waals surface area contributed by atoms with Gasteiger partial charge in [-0.3, -0.25) is 9.78 Å². The van der Waals surface area contributed by atoms with Gasteiger partial charge in [0.1, 0.15) is 17.3 Å². The van der Waals surface area contributed by atoms with Gasteiger partial charge in [-0.05, 0) is 61.6 Å². The quantitative estimate of drug-likeness (QED) is 0.384. The number of halogens is 1. The number of carbonyl (C=O) groups is 1. The van der Waals surface area contributed by atoms with E-state index >= 15 is 0 Å². The van der Waals surface area contributed by atoms with E-state index in [-0.39, 0.29) is 11.7 Å². The molecule has 4 aromatic rings. The van der Waals surface area contributed by atoms with E-state index in [0.717, 1.165) is 22.3 Å². The summed E-state index contributed by atoms with van der Waals surface area (Å²) in [6.07, 6.45) is 2.58. The molecule has 0 saturated carbocycles. The Labute approximate surface area is 204 Å². The maximum atomic E-state index is 13.7. The molecule has 0 fully saturated rings. The number of benzene rings is 2.